The number of rotatable bonds is 4. The molecule has 1 heterocycles. The Hall–Kier alpha value is -1.24. The maximum Gasteiger partial charge on any atom is 0.0622 e. The van der Waals surface area contributed by atoms with Gasteiger partial charge < -0.3 is 4.90 Å². The van der Waals surface area contributed by atoms with Gasteiger partial charge in [-0.3, -0.25) is 4.90 Å². The molecule has 0 spiro atoms. The van der Waals surface area contributed by atoms with Gasteiger partial charge in [0.05, 0.1) is 6.07 Å². The molecule has 0 amide bonds. The molecule has 2 atom stereocenters. The topological polar surface area (TPSA) is 30.3 Å². The standard InChI is InChI=1S/C16H22ClN3/c1-13-11-19(16-7-5-15(17)6-8-16)12-14(2)20(13)10-4-3-9-18/h5-8,13-14H,3-4,10-12H2,1-2H3/t13-,14-/m0/s1. The fraction of sp³-hybridized carbons (Fsp3) is 0.562. The van der Waals surface area contributed by atoms with Crippen LogP contribution in [0.15, 0.2) is 24.3 Å². The number of hydrogen-bond acceptors (Lipinski definition) is 3. The van der Waals surface area contributed by atoms with E-state index in [1.54, 1.807) is 0 Å². The quantitative estimate of drug-likeness (QED) is 0.795. The highest BCUT2D eigenvalue weighted by atomic mass is 35.5. The zero-order valence-electron chi connectivity index (χ0n) is 12.2. The maximum atomic E-state index is 8.65. The summed E-state index contributed by atoms with van der Waals surface area (Å²) in [6.45, 7) is 7.61. The van der Waals surface area contributed by atoms with E-state index >= 15 is 0 Å². The average Bonchev–Trinajstić information content (AvgIpc) is 2.42. The SMILES string of the molecule is C[C@H]1CN(c2ccc(Cl)cc2)C[C@H](C)N1CCCC#N. The van der Waals surface area contributed by atoms with E-state index in [-0.39, 0.29) is 0 Å². The Morgan fingerprint density at radius 1 is 1.20 bits per heavy atom. The molecule has 0 radical (unpaired) electrons. The van der Waals surface area contributed by atoms with Crippen molar-refractivity contribution < 1.29 is 0 Å². The summed E-state index contributed by atoms with van der Waals surface area (Å²) in [5.41, 5.74) is 1.24. The monoisotopic (exact) mass is 291 g/mol. The van der Waals surface area contributed by atoms with Crippen molar-refractivity contribution in [1.29, 1.82) is 5.26 Å². The normalized spacial score (nSPS) is 23.6. The van der Waals surface area contributed by atoms with Gasteiger partial charge in [-0.1, -0.05) is 11.6 Å². The molecule has 0 bridgehead atoms. The minimum absolute atomic E-state index is 0.508. The van der Waals surface area contributed by atoms with Crippen LogP contribution in [0.1, 0.15) is 26.7 Å². The molecule has 4 heteroatoms. The first-order valence-corrected chi connectivity index (χ1v) is 7.63. The molecule has 0 saturated carbocycles. The first-order valence-electron chi connectivity index (χ1n) is 7.25. The number of unbranched alkanes of at least 4 members (excludes halogenated alkanes) is 1. The number of nitrogens with zero attached hydrogens (tertiary/aromatic N) is 3. The summed E-state index contributed by atoms with van der Waals surface area (Å²) in [6, 6.07) is 11.3. The Labute approximate surface area is 126 Å². The molecular weight excluding hydrogens is 270 g/mol. The molecule has 0 N–H and O–H groups in total. The Morgan fingerprint density at radius 3 is 2.35 bits per heavy atom. The second-order valence-corrected chi connectivity index (χ2v) is 6.02. The molecule has 0 aliphatic carbocycles. The van der Waals surface area contributed by atoms with Crippen molar-refractivity contribution in [2.24, 2.45) is 0 Å². The number of halogens is 1. The lowest BCUT2D eigenvalue weighted by atomic mass is 10.1. The fourth-order valence-corrected chi connectivity index (χ4v) is 3.13. The van der Waals surface area contributed by atoms with Crippen LogP contribution in [-0.2, 0) is 0 Å². The van der Waals surface area contributed by atoms with Crippen LogP contribution in [0.3, 0.4) is 0 Å². The number of anilines is 1. The van der Waals surface area contributed by atoms with Crippen molar-refractivity contribution in [3.8, 4) is 6.07 Å². The number of hydrogen-bond donors (Lipinski definition) is 0. The number of piperazine rings is 1. The highest BCUT2D eigenvalue weighted by molar-refractivity contribution is 6.30. The summed E-state index contributed by atoms with van der Waals surface area (Å²) >= 11 is 5.95. The van der Waals surface area contributed by atoms with Crippen LogP contribution in [0.4, 0.5) is 5.69 Å². The zero-order valence-corrected chi connectivity index (χ0v) is 13.0. The van der Waals surface area contributed by atoms with Gasteiger partial charge in [0.2, 0.25) is 0 Å². The van der Waals surface area contributed by atoms with Gasteiger partial charge in [0, 0.05) is 42.3 Å². The highest BCUT2D eigenvalue weighted by Gasteiger charge is 2.28. The summed E-state index contributed by atoms with van der Waals surface area (Å²) in [7, 11) is 0. The van der Waals surface area contributed by atoms with Crippen molar-refractivity contribution in [2.75, 3.05) is 24.5 Å². The van der Waals surface area contributed by atoms with E-state index in [0.717, 1.165) is 31.1 Å². The molecule has 1 aromatic rings. The predicted molar refractivity (Wildman–Crippen MR) is 84.1 cm³/mol. The minimum atomic E-state index is 0.508. The van der Waals surface area contributed by atoms with Crippen LogP contribution in [0.2, 0.25) is 5.02 Å². The van der Waals surface area contributed by atoms with Gasteiger partial charge in [0.1, 0.15) is 0 Å². The van der Waals surface area contributed by atoms with E-state index in [9.17, 15) is 0 Å². The van der Waals surface area contributed by atoms with Crippen LogP contribution in [-0.4, -0.2) is 36.6 Å². The van der Waals surface area contributed by atoms with Gasteiger partial charge in [-0.2, -0.15) is 5.26 Å². The molecule has 0 unspecified atom stereocenters. The molecule has 1 saturated heterocycles. The summed E-state index contributed by atoms with van der Waals surface area (Å²) in [5.74, 6) is 0. The van der Waals surface area contributed by atoms with Crippen molar-refractivity contribution in [1.82, 2.24) is 4.90 Å². The molecule has 3 nitrogen and oxygen atoms in total. The lowest BCUT2D eigenvalue weighted by Crippen LogP contribution is -2.56. The second-order valence-electron chi connectivity index (χ2n) is 5.58. The zero-order chi connectivity index (χ0) is 14.5. The lowest BCUT2D eigenvalue weighted by Gasteiger charge is -2.45. The third-order valence-electron chi connectivity index (χ3n) is 4.00. The van der Waals surface area contributed by atoms with E-state index in [0.29, 0.717) is 18.5 Å². The predicted octanol–water partition coefficient (Wildman–Crippen LogP) is 3.54. The Kier molecular flexibility index (Phi) is 5.28. The van der Waals surface area contributed by atoms with Crippen LogP contribution >= 0.6 is 11.6 Å². The van der Waals surface area contributed by atoms with E-state index in [4.69, 9.17) is 16.9 Å². The first kappa shape index (κ1) is 15.2. The van der Waals surface area contributed by atoms with Crippen molar-refractivity contribution in [3.05, 3.63) is 29.3 Å². The Morgan fingerprint density at radius 2 is 1.80 bits per heavy atom. The molecule has 0 aromatic heterocycles. The van der Waals surface area contributed by atoms with Crippen molar-refractivity contribution in [3.63, 3.8) is 0 Å². The second kappa shape index (κ2) is 6.97. The van der Waals surface area contributed by atoms with Crippen LogP contribution in [0, 0.1) is 11.3 Å². The summed E-state index contributed by atoms with van der Waals surface area (Å²) < 4.78 is 0. The Bertz CT molecular complexity index is 454. The van der Waals surface area contributed by atoms with E-state index in [1.165, 1.54) is 5.69 Å². The van der Waals surface area contributed by atoms with E-state index in [1.807, 2.05) is 12.1 Å². The molecule has 20 heavy (non-hydrogen) atoms. The maximum absolute atomic E-state index is 8.65. The average molecular weight is 292 g/mol. The van der Waals surface area contributed by atoms with Gasteiger partial charge >= 0.3 is 0 Å². The van der Waals surface area contributed by atoms with Crippen LogP contribution < -0.4 is 4.90 Å². The summed E-state index contributed by atoms with van der Waals surface area (Å²) in [4.78, 5) is 4.94. The first-order chi connectivity index (χ1) is 9.61. The van der Waals surface area contributed by atoms with Gasteiger partial charge in [0.15, 0.2) is 0 Å². The highest BCUT2D eigenvalue weighted by Crippen LogP contribution is 2.24. The van der Waals surface area contributed by atoms with Gasteiger partial charge in [-0.15, -0.1) is 0 Å². The summed E-state index contributed by atoms with van der Waals surface area (Å²) in [5, 5.41) is 9.44. The molecule has 1 fully saturated rings. The van der Waals surface area contributed by atoms with E-state index < -0.39 is 0 Å². The van der Waals surface area contributed by atoms with Gasteiger partial charge in [-0.25, -0.2) is 0 Å². The van der Waals surface area contributed by atoms with Crippen LogP contribution in [0.5, 0.6) is 0 Å². The third-order valence-corrected chi connectivity index (χ3v) is 4.25. The van der Waals surface area contributed by atoms with Gasteiger partial charge in [-0.05, 0) is 51.1 Å². The fourth-order valence-electron chi connectivity index (χ4n) is 3.00. The summed E-state index contributed by atoms with van der Waals surface area (Å²) in [6.07, 6.45) is 1.61. The molecule has 2 rings (SSSR count). The smallest absolute Gasteiger partial charge is 0.0622 e. The molecule has 1 aliphatic heterocycles. The largest absolute Gasteiger partial charge is 0.368 e. The Balaban J connectivity index is 1.98. The van der Waals surface area contributed by atoms with Crippen LogP contribution in [0.25, 0.3) is 0 Å². The molecule has 1 aromatic carbocycles. The molecule has 108 valence electrons. The number of nitriles is 1. The minimum Gasteiger partial charge on any atom is -0.368 e. The van der Waals surface area contributed by atoms with Crippen molar-refractivity contribution >= 4 is 17.3 Å². The molecular formula is C16H22ClN3. The van der Waals surface area contributed by atoms with E-state index in [2.05, 4.69) is 41.8 Å². The van der Waals surface area contributed by atoms with Gasteiger partial charge in [0.25, 0.3) is 0 Å². The number of benzene rings is 1. The third kappa shape index (κ3) is 3.65. The molecule has 1 aliphatic rings. The lowest BCUT2D eigenvalue weighted by molar-refractivity contribution is 0.131. The van der Waals surface area contributed by atoms with Crippen molar-refractivity contribution in [2.45, 2.75) is 38.8 Å².